The summed E-state index contributed by atoms with van der Waals surface area (Å²) in [5.41, 5.74) is -0.0995. The van der Waals surface area contributed by atoms with Crippen LogP contribution in [0.2, 0.25) is 0 Å². The average Bonchev–Trinajstić information content (AvgIpc) is 3.43. The van der Waals surface area contributed by atoms with E-state index in [4.69, 9.17) is 0 Å². The van der Waals surface area contributed by atoms with E-state index in [9.17, 15) is 14.9 Å². The standard InChI is InChI=1S/C26H39N3O2/c1-26(8-9-26)25(31)29-12-10-28(11-13-29)24(30)20-4-2-19(3-5-20)22-7-6-21-14-18(17-27)15-23(21)16-22/h18-23H,2-16H2,1H3. The highest BCUT2D eigenvalue weighted by Crippen LogP contribution is 2.50. The van der Waals surface area contributed by atoms with Gasteiger partial charge in [0.2, 0.25) is 11.8 Å². The lowest BCUT2D eigenvalue weighted by molar-refractivity contribution is -0.145. The zero-order valence-corrected chi connectivity index (χ0v) is 19.2. The van der Waals surface area contributed by atoms with Gasteiger partial charge in [-0.05, 0) is 94.3 Å². The molecule has 4 atom stereocenters. The van der Waals surface area contributed by atoms with Gasteiger partial charge in [-0.1, -0.05) is 6.92 Å². The van der Waals surface area contributed by atoms with Crippen LogP contribution in [0.3, 0.4) is 0 Å². The van der Waals surface area contributed by atoms with Crippen molar-refractivity contribution in [2.24, 2.45) is 40.9 Å². The smallest absolute Gasteiger partial charge is 0.228 e. The summed E-state index contributed by atoms with van der Waals surface area (Å²) >= 11 is 0. The molecule has 1 heterocycles. The van der Waals surface area contributed by atoms with E-state index in [2.05, 4.69) is 13.0 Å². The third-order valence-electron chi connectivity index (χ3n) is 9.72. The molecule has 31 heavy (non-hydrogen) atoms. The van der Waals surface area contributed by atoms with Crippen LogP contribution in [-0.4, -0.2) is 47.8 Å². The van der Waals surface area contributed by atoms with E-state index in [1.165, 1.54) is 32.1 Å². The maximum atomic E-state index is 13.1. The van der Waals surface area contributed by atoms with E-state index >= 15 is 0 Å². The summed E-state index contributed by atoms with van der Waals surface area (Å²) in [5, 5.41) is 9.29. The number of hydrogen-bond donors (Lipinski definition) is 0. The van der Waals surface area contributed by atoms with Gasteiger partial charge in [0, 0.05) is 43.4 Å². The van der Waals surface area contributed by atoms with Crippen molar-refractivity contribution in [1.29, 1.82) is 5.26 Å². The molecule has 5 nitrogen and oxygen atoms in total. The second kappa shape index (κ2) is 8.41. The van der Waals surface area contributed by atoms with Crippen molar-refractivity contribution in [3.63, 3.8) is 0 Å². The Labute approximate surface area is 187 Å². The van der Waals surface area contributed by atoms with Crippen molar-refractivity contribution < 1.29 is 9.59 Å². The molecular weight excluding hydrogens is 386 g/mol. The molecule has 0 bridgehead atoms. The molecule has 0 aromatic heterocycles. The topological polar surface area (TPSA) is 64.4 Å². The Kier molecular flexibility index (Phi) is 5.78. The van der Waals surface area contributed by atoms with Gasteiger partial charge in [-0.25, -0.2) is 0 Å². The van der Waals surface area contributed by atoms with E-state index in [0.29, 0.717) is 43.9 Å². The molecule has 0 spiro atoms. The molecule has 170 valence electrons. The quantitative estimate of drug-likeness (QED) is 0.680. The van der Waals surface area contributed by atoms with Crippen molar-refractivity contribution in [2.45, 2.75) is 77.6 Å². The zero-order valence-electron chi connectivity index (χ0n) is 19.2. The molecule has 0 N–H and O–H groups in total. The predicted molar refractivity (Wildman–Crippen MR) is 119 cm³/mol. The van der Waals surface area contributed by atoms with E-state index in [-0.39, 0.29) is 11.3 Å². The summed E-state index contributed by atoms with van der Waals surface area (Å²) < 4.78 is 0. The number of carbonyl (C=O) groups is 2. The number of piperazine rings is 1. The van der Waals surface area contributed by atoms with Gasteiger partial charge >= 0.3 is 0 Å². The molecule has 1 saturated heterocycles. The minimum atomic E-state index is -0.0995. The van der Waals surface area contributed by atoms with E-state index in [0.717, 1.165) is 62.2 Å². The second-order valence-corrected chi connectivity index (χ2v) is 11.7. The summed E-state index contributed by atoms with van der Waals surface area (Å²) in [4.78, 5) is 29.7. The van der Waals surface area contributed by atoms with Gasteiger partial charge in [0.1, 0.15) is 0 Å². The molecule has 5 rings (SSSR count). The third kappa shape index (κ3) is 4.24. The van der Waals surface area contributed by atoms with Gasteiger partial charge < -0.3 is 9.80 Å². The maximum Gasteiger partial charge on any atom is 0.228 e. The van der Waals surface area contributed by atoms with Crippen LogP contribution in [0.15, 0.2) is 0 Å². The van der Waals surface area contributed by atoms with Crippen LogP contribution in [-0.2, 0) is 9.59 Å². The highest BCUT2D eigenvalue weighted by molar-refractivity contribution is 5.85. The van der Waals surface area contributed by atoms with Crippen LogP contribution in [0.5, 0.6) is 0 Å². The molecule has 0 aromatic carbocycles. The van der Waals surface area contributed by atoms with Crippen molar-refractivity contribution in [3.05, 3.63) is 0 Å². The molecule has 4 saturated carbocycles. The van der Waals surface area contributed by atoms with Crippen molar-refractivity contribution in [2.75, 3.05) is 26.2 Å². The molecule has 5 fully saturated rings. The van der Waals surface area contributed by atoms with Gasteiger partial charge in [0.15, 0.2) is 0 Å². The Hall–Kier alpha value is -1.57. The fourth-order valence-electron chi connectivity index (χ4n) is 7.33. The molecule has 5 heteroatoms. The second-order valence-electron chi connectivity index (χ2n) is 11.7. The van der Waals surface area contributed by atoms with Gasteiger partial charge in [-0.2, -0.15) is 5.26 Å². The van der Waals surface area contributed by atoms with Crippen molar-refractivity contribution in [3.8, 4) is 6.07 Å². The lowest BCUT2D eigenvalue weighted by Crippen LogP contribution is -2.53. The van der Waals surface area contributed by atoms with Gasteiger partial charge in [-0.15, -0.1) is 0 Å². The number of carbonyl (C=O) groups excluding carboxylic acids is 2. The zero-order chi connectivity index (χ0) is 21.6. The van der Waals surface area contributed by atoms with Crippen LogP contribution >= 0.6 is 0 Å². The van der Waals surface area contributed by atoms with Crippen LogP contribution in [0, 0.1) is 52.3 Å². The molecule has 1 aliphatic heterocycles. The van der Waals surface area contributed by atoms with Gasteiger partial charge in [0.05, 0.1) is 6.07 Å². The minimum Gasteiger partial charge on any atom is -0.339 e. The Morgan fingerprint density at radius 3 is 1.94 bits per heavy atom. The number of fused-ring (bicyclic) bond motifs is 1. The maximum absolute atomic E-state index is 13.1. The van der Waals surface area contributed by atoms with Gasteiger partial charge in [0.25, 0.3) is 0 Å². The Balaban J connectivity index is 1.07. The van der Waals surface area contributed by atoms with Crippen LogP contribution in [0.25, 0.3) is 0 Å². The Morgan fingerprint density at radius 2 is 1.32 bits per heavy atom. The summed E-state index contributed by atoms with van der Waals surface area (Å²) in [6, 6.07) is 2.52. The molecule has 4 aliphatic carbocycles. The number of amides is 2. The first kappa shape index (κ1) is 21.3. The monoisotopic (exact) mass is 425 g/mol. The highest BCUT2D eigenvalue weighted by Gasteiger charge is 2.48. The first-order chi connectivity index (χ1) is 15.0. The lowest BCUT2D eigenvalue weighted by Gasteiger charge is -2.41. The van der Waals surface area contributed by atoms with Crippen molar-refractivity contribution >= 4 is 11.8 Å². The SMILES string of the molecule is CC1(C(=O)N2CCN(C(=O)C3CCC(C4CCC5CC(C#N)CC5C4)CC3)CC2)CC1. The largest absolute Gasteiger partial charge is 0.339 e. The van der Waals surface area contributed by atoms with Gasteiger partial charge in [-0.3, -0.25) is 9.59 Å². The van der Waals surface area contributed by atoms with Crippen LogP contribution in [0.1, 0.15) is 77.6 Å². The van der Waals surface area contributed by atoms with Crippen molar-refractivity contribution in [1.82, 2.24) is 9.80 Å². The minimum absolute atomic E-state index is 0.0995. The fraction of sp³-hybridized carbons (Fsp3) is 0.885. The molecule has 4 unspecified atom stereocenters. The van der Waals surface area contributed by atoms with E-state index in [1.54, 1.807) is 0 Å². The molecule has 0 radical (unpaired) electrons. The average molecular weight is 426 g/mol. The predicted octanol–water partition coefficient (Wildman–Crippen LogP) is 4.23. The first-order valence-corrected chi connectivity index (χ1v) is 12.9. The summed E-state index contributed by atoms with van der Waals surface area (Å²) in [6.07, 6.45) is 12.8. The summed E-state index contributed by atoms with van der Waals surface area (Å²) in [5.74, 6) is 4.38. The van der Waals surface area contributed by atoms with Crippen LogP contribution in [0.4, 0.5) is 0 Å². The number of nitrogens with zero attached hydrogens (tertiary/aromatic N) is 3. The number of rotatable bonds is 3. The summed E-state index contributed by atoms with van der Waals surface area (Å²) in [7, 11) is 0. The lowest BCUT2D eigenvalue weighted by atomic mass is 9.66. The summed E-state index contributed by atoms with van der Waals surface area (Å²) in [6.45, 7) is 4.93. The van der Waals surface area contributed by atoms with E-state index in [1.807, 2.05) is 9.80 Å². The van der Waals surface area contributed by atoms with Crippen LogP contribution < -0.4 is 0 Å². The molecule has 5 aliphatic rings. The molecular formula is C26H39N3O2. The number of hydrogen-bond acceptors (Lipinski definition) is 3. The molecule has 2 amide bonds. The highest BCUT2D eigenvalue weighted by atomic mass is 16.2. The Bertz CT molecular complexity index is 738. The third-order valence-corrected chi connectivity index (χ3v) is 9.72. The molecule has 0 aromatic rings. The number of nitriles is 1. The first-order valence-electron chi connectivity index (χ1n) is 12.9. The fourth-order valence-corrected chi connectivity index (χ4v) is 7.33. The normalized spacial score (nSPS) is 39.5. The van der Waals surface area contributed by atoms with E-state index < -0.39 is 0 Å². The Morgan fingerprint density at radius 1 is 0.774 bits per heavy atom.